The van der Waals surface area contributed by atoms with E-state index in [0.717, 1.165) is 41.7 Å². The number of hydrogen-bond donors (Lipinski definition) is 0. The van der Waals surface area contributed by atoms with E-state index >= 15 is 0 Å². The Bertz CT molecular complexity index is 929. The maximum atomic E-state index is 12.8. The molecule has 2 aromatic heterocycles. The Morgan fingerprint density at radius 2 is 1.96 bits per heavy atom. The van der Waals surface area contributed by atoms with E-state index in [-0.39, 0.29) is 5.91 Å². The standard InChI is InChI=1S/C19H19ClN4O2S/c1-13-10-16(26-22-13)11-23-6-8-24(9-7-23)19(25)17-12-27-18(21-17)14-2-4-15(20)5-3-14/h2-5,10,12H,6-9,11H2,1H3. The number of halogens is 1. The molecule has 1 aliphatic heterocycles. The van der Waals surface area contributed by atoms with E-state index in [1.54, 1.807) is 0 Å². The van der Waals surface area contributed by atoms with Gasteiger partial charge in [0.2, 0.25) is 0 Å². The molecule has 0 aliphatic carbocycles. The van der Waals surface area contributed by atoms with Crippen LogP contribution in [0.1, 0.15) is 21.9 Å². The Morgan fingerprint density at radius 1 is 1.22 bits per heavy atom. The van der Waals surface area contributed by atoms with Crippen molar-refractivity contribution in [2.75, 3.05) is 26.2 Å². The van der Waals surface area contributed by atoms with Crippen LogP contribution < -0.4 is 0 Å². The lowest BCUT2D eigenvalue weighted by atomic mass is 10.2. The molecular weight excluding hydrogens is 384 g/mol. The monoisotopic (exact) mass is 402 g/mol. The van der Waals surface area contributed by atoms with Gasteiger partial charge < -0.3 is 9.42 Å². The maximum absolute atomic E-state index is 12.8. The summed E-state index contributed by atoms with van der Waals surface area (Å²) in [5, 5.41) is 7.26. The number of rotatable bonds is 4. The summed E-state index contributed by atoms with van der Waals surface area (Å²) < 4.78 is 5.27. The smallest absolute Gasteiger partial charge is 0.273 e. The lowest BCUT2D eigenvalue weighted by Crippen LogP contribution is -2.48. The van der Waals surface area contributed by atoms with E-state index in [1.807, 2.05) is 47.5 Å². The van der Waals surface area contributed by atoms with Crippen LogP contribution in [0.5, 0.6) is 0 Å². The first kappa shape index (κ1) is 18.2. The number of nitrogens with zero attached hydrogens (tertiary/aromatic N) is 4. The van der Waals surface area contributed by atoms with Crippen LogP contribution in [0.3, 0.4) is 0 Å². The van der Waals surface area contributed by atoms with Crippen LogP contribution in [0, 0.1) is 6.92 Å². The minimum absolute atomic E-state index is 0.0124. The van der Waals surface area contributed by atoms with Gasteiger partial charge in [0.15, 0.2) is 5.76 Å². The van der Waals surface area contributed by atoms with Crippen LogP contribution in [-0.2, 0) is 6.54 Å². The molecule has 0 bridgehead atoms. The van der Waals surface area contributed by atoms with Crippen molar-refractivity contribution in [3.05, 3.63) is 57.9 Å². The van der Waals surface area contributed by atoms with E-state index in [9.17, 15) is 4.79 Å². The molecule has 3 aromatic rings. The molecule has 0 unspecified atom stereocenters. The number of carbonyl (C=O) groups excluding carboxylic acids is 1. The van der Waals surface area contributed by atoms with E-state index in [0.29, 0.717) is 23.8 Å². The molecule has 0 N–H and O–H groups in total. The zero-order chi connectivity index (χ0) is 18.8. The Labute approximate surface area is 166 Å². The Kier molecular flexibility index (Phi) is 5.24. The highest BCUT2D eigenvalue weighted by atomic mass is 35.5. The molecule has 0 atom stereocenters. The molecule has 0 saturated carbocycles. The fourth-order valence-electron chi connectivity index (χ4n) is 3.08. The van der Waals surface area contributed by atoms with Gasteiger partial charge >= 0.3 is 0 Å². The number of piperazine rings is 1. The summed E-state index contributed by atoms with van der Waals surface area (Å²) in [6, 6.07) is 9.44. The first-order valence-electron chi connectivity index (χ1n) is 8.74. The van der Waals surface area contributed by atoms with Gasteiger partial charge in [0.05, 0.1) is 12.2 Å². The number of aromatic nitrogens is 2. The lowest BCUT2D eigenvalue weighted by molar-refractivity contribution is 0.0612. The topological polar surface area (TPSA) is 62.5 Å². The van der Waals surface area contributed by atoms with Crippen molar-refractivity contribution in [1.29, 1.82) is 0 Å². The summed E-state index contributed by atoms with van der Waals surface area (Å²) in [5.41, 5.74) is 2.36. The second-order valence-electron chi connectivity index (χ2n) is 6.55. The molecular formula is C19H19ClN4O2S. The third-order valence-corrected chi connectivity index (χ3v) is 5.67. The van der Waals surface area contributed by atoms with Crippen molar-refractivity contribution in [1.82, 2.24) is 19.9 Å². The van der Waals surface area contributed by atoms with Crippen LogP contribution in [0.15, 0.2) is 40.2 Å². The highest BCUT2D eigenvalue weighted by Crippen LogP contribution is 2.25. The van der Waals surface area contributed by atoms with Gasteiger partial charge in [-0.3, -0.25) is 9.69 Å². The molecule has 1 aromatic carbocycles. The van der Waals surface area contributed by atoms with Gasteiger partial charge in [0, 0.05) is 48.2 Å². The third-order valence-electron chi connectivity index (χ3n) is 4.53. The summed E-state index contributed by atoms with van der Waals surface area (Å²) in [6.45, 7) is 5.61. The second kappa shape index (κ2) is 7.80. The molecule has 0 radical (unpaired) electrons. The zero-order valence-electron chi connectivity index (χ0n) is 14.9. The van der Waals surface area contributed by atoms with E-state index in [1.165, 1.54) is 11.3 Å². The average molecular weight is 403 g/mol. The Balaban J connectivity index is 1.36. The summed E-state index contributed by atoms with van der Waals surface area (Å²) in [6.07, 6.45) is 0. The molecule has 8 heteroatoms. The highest BCUT2D eigenvalue weighted by molar-refractivity contribution is 7.13. The summed E-state index contributed by atoms with van der Waals surface area (Å²) >= 11 is 7.40. The van der Waals surface area contributed by atoms with Crippen LogP contribution in [-0.4, -0.2) is 52.0 Å². The number of thiazole rings is 1. The minimum atomic E-state index is -0.0124. The van der Waals surface area contributed by atoms with E-state index in [2.05, 4.69) is 15.0 Å². The number of amides is 1. The first-order chi connectivity index (χ1) is 13.1. The molecule has 140 valence electrons. The van der Waals surface area contributed by atoms with Gasteiger partial charge in [-0.2, -0.15) is 0 Å². The molecule has 0 spiro atoms. The molecule has 1 aliphatic rings. The molecule has 1 fully saturated rings. The quantitative estimate of drug-likeness (QED) is 0.665. The molecule has 1 amide bonds. The predicted molar refractivity (Wildman–Crippen MR) is 105 cm³/mol. The van der Waals surface area contributed by atoms with Gasteiger partial charge in [-0.1, -0.05) is 28.9 Å². The molecule has 6 nitrogen and oxygen atoms in total. The van der Waals surface area contributed by atoms with Crippen LogP contribution in [0.2, 0.25) is 5.02 Å². The second-order valence-corrected chi connectivity index (χ2v) is 7.84. The predicted octanol–water partition coefficient (Wildman–Crippen LogP) is 3.72. The Hall–Kier alpha value is -2.22. The number of hydrogen-bond acceptors (Lipinski definition) is 6. The first-order valence-corrected chi connectivity index (χ1v) is 9.99. The molecule has 27 heavy (non-hydrogen) atoms. The molecule has 3 heterocycles. The largest absolute Gasteiger partial charge is 0.360 e. The van der Waals surface area contributed by atoms with Gasteiger partial charge in [-0.15, -0.1) is 11.3 Å². The molecule has 1 saturated heterocycles. The van der Waals surface area contributed by atoms with Crippen LogP contribution >= 0.6 is 22.9 Å². The van der Waals surface area contributed by atoms with Crippen LogP contribution in [0.25, 0.3) is 10.6 Å². The van der Waals surface area contributed by atoms with Gasteiger partial charge in [0.1, 0.15) is 10.7 Å². The fourth-order valence-corrected chi connectivity index (χ4v) is 4.01. The Morgan fingerprint density at radius 3 is 2.63 bits per heavy atom. The van der Waals surface area contributed by atoms with Gasteiger partial charge in [-0.05, 0) is 19.1 Å². The normalized spacial score (nSPS) is 15.3. The molecule has 4 rings (SSSR count). The summed E-state index contributed by atoms with van der Waals surface area (Å²) in [7, 11) is 0. The van der Waals surface area contributed by atoms with Crippen molar-refractivity contribution in [2.24, 2.45) is 0 Å². The van der Waals surface area contributed by atoms with Crippen molar-refractivity contribution in [3.63, 3.8) is 0 Å². The minimum Gasteiger partial charge on any atom is -0.360 e. The summed E-state index contributed by atoms with van der Waals surface area (Å²) in [5.74, 6) is 0.848. The van der Waals surface area contributed by atoms with E-state index < -0.39 is 0 Å². The fraction of sp³-hybridized carbons (Fsp3) is 0.316. The van der Waals surface area contributed by atoms with Crippen molar-refractivity contribution < 1.29 is 9.32 Å². The van der Waals surface area contributed by atoms with Crippen LogP contribution in [0.4, 0.5) is 0 Å². The summed E-state index contributed by atoms with van der Waals surface area (Å²) in [4.78, 5) is 21.4. The van der Waals surface area contributed by atoms with Crippen molar-refractivity contribution >= 4 is 28.8 Å². The van der Waals surface area contributed by atoms with Crippen molar-refractivity contribution in [2.45, 2.75) is 13.5 Å². The number of aryl methyl sites for hydroxylation is 1. The lowest BCUT2D eigenvalue weighted by Gasteiger charge is -2.33. The average Bonchev–Trinajstić information content (AvgIpc) is 3.32. The maximum Gasteiger partial charge on any atom is 0.273 e. The highest BCUT2D eigenvalue weighted by Gasteiger charge is 2.24. The zero-order valence-corrected chi connectivity index (χ0v) is 16.5. The third kappa shape index (κ3) is 4.21. The van der Waals surface area contributed by atoms with E-state index in [4.69, 9.17) is 16.1 Å². The van der Waals surface area contributed by atoms with Gasteiger partial charge in [0.25, 0.3) is 5.91 Å². The van der Waals surface area contributed by atoms with Crippen molar-refractivity contribution in [3.8, 4) is 10.6 Å². The SMILES string of the molecule is Cc1cc(CN2CCN(C(=O)c3csc(-c4ccc(Cl)cc4)n3)CC2)on1. The van der Waals surface area contributed by atoms with Gasteiger partial charge in [-0.25, -0.2) is 4.98 Å². The number of carbonyl (C=O) groups is 1. The number of benzene rings is 1.